The molecule has 0 spiro atoms. The van der Waals surface area contributed by atoms with Crippen LogP contribution in [-0.4, -0.2) is 11.8 Å². The molecule has 0 saturated heterocycles. The van der Waals surface area contributed by atoms with E-state index in [1.807, 2.05) is 0 Å². The van der Waals surface area contributed by atoms with E-state index in [1.54, 1.807) is 18.4 Å². The van der Waals surface area contributed by atoms with Gasteiger partial charge in [-0.3, -0.25) is 9.59 Å². The van der Waals surface area contributed by atoms with Crippen molar-refractivity contribution in [3.05, 3.63) is 48.2 Å². The maximum atomic E-state index is 13.5. The van der Waals surface area contributed by atoms with E-state index in [4.69, 9.17) is 4.42 Å². The molecule has 0 bridgehead atoms. The largest absolute Gasteiger partial charge is 0.469 e. The number of carbonyl (C=O) groups excluding carboxylic acids is 2. The molecule has 0 unspecified atom stereocenters. The van der Waals surface area contributed by atoms with E-state index in [0.29, 0.717) is 12.1 Å². The minimum absolute atomic E-state index is 0.0336. The van der Waals surface area contributed by atoms with Crippen molar-refractivity contribution in [3.63, 3.8) is 0 Å². The van der Waals surface area contributed by atoms with Crippen LogP contribution in [0.5, 0.6) is 0 Å². The van der Waals surface area contributed by atoms with Crippen molar-refractivity contribution in [1.29, 1.82) is 0 Å². The van der Waals surface area contributed by atoms with Crippen LogP contribution in [0.2, 0.25) is 0 Å². The Labute approximate surface area is 121 Å². The van der Waals surface area contributed by atoms with Crippen LogP contribution in [-0.2, 0) is 16.0 Å². The number of benzene rings is 1. The lowest BCUT2D eigenvalue weighted by Crippen LogP contribution is -2.13. The monoisotopic (exact) mass is 290 g/mol. The number of anilines is 2. The van der Waals surface area contributed by atoms with E-state index in [-0.39, 0.29) is 23.9 Å². The molecule has 0 radical (unpaired) electrons. The van der Waals surface area contributed by atoms with Crippen LogP contribution < -0.4 is 10.6 Å². The maximum Gasteiger partial charge on any atom is 0.224 e. The molecule has 0 aliphatic heterocycles. The lowest BCUT2D eigenvalue weighted by atomic mass is 10.2. The van der Waals surface area contributed by atoms with Crippen molar-refractivity contribution in [3.8, 4) is 0 Å². The Balaban J connectivity index is 1.95. The first-order valence-corrected chi connectivity index (χ1v) is 6.44. The zero-order chi connectivity index (χ0) is 15.2. The summed E-state index contributed by atoms with van der Waals surface area (Å²) in [5.74, 6) is -0.427. The van der Waals surface area contributed by atoms with Gasteiger partial charge in [0.1, 0.15) is 11.6 Å². The number of halogens is 1. The summed E-state index contributed by atoms with van der Waals surface area (Å²) in [4.78, 5) is 22.7. The summed E-state index contributed by atoms with van der Waals surface area (Å²) < 4.78 is 18.6. The van der Waals surface area contributed by atoms with Gasteiger partial charge in [0.25, 0.3) is 0 Å². The molecule has 2 N–H and O–H groups in total. The standard InChI is InChI=1S/C15H15FN2O3/c1-10(19)17-14-9-11(4-6-13(14)16)18-15(20)7-5-12-3-2-8-21-12/h2-4,6,8-9H,5,7H2,1H3,(H,17,19)(H,18,20). The number of furan rings is 1. The molecule has 21 heavy (non-hydrogen) atoms. The van der Waals surface area contributed by atoms with Crippen molar-refractivity contribution in [1.82, 2.24) is 0 Å². The minimum atomic E-state index is -0.557. The van der Waals surface area contributed by atoms with Gasteiger partial charge >= 0.3 is 0 Å². The van der Waals surface area contributed by atoms with Crippen LogP contribution in [0, 0.1) is 5.82 Å². The molecule has 110 valence electrons. The van der Waals surface area contributed by atoms with Gasteiger partial charge in [-0.2, -0.15) is 0 Å². The third-order valence-corrected chi connectivity index (χ3v) is 2.74. The molecule has 1 aromatic carbocycles. The van der Waals surface area contributed by atoms with E-state index >= 15 is 0 Å². The number of amides is 2. The van der Waals surface area contributed by atoms with E-state index < -0.39 is 5.82 Å². The van der Waals surface area contributed by atoms with Crippen molar-refractivity contribution in [2.45, 2.75) is 19.8 Å². The number of carbonyl (C=O) groups is 2. The summed E-state index contributed by atoms with van der Waals surface area (Å²) in [5, 5.41) is 5.01. The topological polar surface area (TPSA) is 71.3 Å². The fourth-order valence-corrected chi connectivity index (χ4v) is 1.80. The molecule has 2 amide bonds. The Kier molecular flexibility index (Phi) is 4.71. The van der Waals surface area contributed by atoms with Gasteiger partial charge < -0.3 is 15.1 Å². The lowest BCUT2D eigenvalue weighted by molar-refractivity contribution is -0.116. The molecule has 0 aliphatic carbocycles. The molecular weight excluding hydrogens is 275 g/mol. The van der Waals surface area contributed by atoms with Gasteiger partial charge in [0.05, 0.1) is 12.0 Å². The van der Waals surface area contributed by atoms with Crippen molar-refractivity contribution < 1.29 is 18.4 Å². The highest BCUT2D eigenvalue weighted by atomic mass is 19.1. The Morgan fingerprint density at radius 3 is 2.71 bits per heavy atom. The van der Waals surface area contributed by atoms with Crippen LogP contribution in [0.3, 0.4) is 0 Å². The Morgan fingerprint density at radius 1 is 1.24 bits per heavy atom. The normalized spacial score (nSPS) is 10.2. The lowest BCUT2D eigenvalue weighted by Gasteiger charge is -2.08. The molecule has 5 nitrogen and oxygen atoms in total. The van der Waals surface area contributed by atoms with Gasteiger partial charge in [-0.25, -0.2) is 4.39 Å². The summed E-state index contributed by atoms with van der Waals surface area (Å²) in [6.45, 7) is 1.29. The summed E-state index contributed by atoms with van der Waals surface area (Å²) in [7, 11) is 0. The van der Waals surface area contributed by atoms with Crippen molar-refractivity contribution >= 4 is 23.2 Å². The number of aryl methyl sites for hydroxylation is 1. The average molecular weight is 290 g/mol. The Hall–Kier alpha value is -2.63. The number of hydrogen-bond donors (Lipinski definition) is 2. The highest BCUT2D eigenvalue weighted by molar-refractivity contribution is 5.93. The van der Waals surface area contributed by atoms with Gasteiger partial charge in [0.2, 0.25) is 11.8 Å². The quantitative estimate of drug-likeness (QED) is 0.889. The molecule has 1 heterocycles. The van der Waals surface area contributed by atoms with Crippen molar-refractivity contribution in [2.24, 2.45) is 0 Å². The smallest absolute Gasteiger partial charge is 0.224 e. The Bertz CT molecular complexity index is 638. The molecule has 0 saturated carbocycles. The minimum Gasteiger partial charge on any atom is -0.469 e. The summed E-state index contributed by atoms with van der Waals surface area (Å²) in [5.41, 5.74) is 0.455. The maximum absolute atomic E-state index is 13.5. The molecule has 0 aliphatic rings. The molecule has 2 aromatic rings. The molecule has 0 fully saturated rings. The predicted octanol–water partition coefficient (Wildman–Crippen LogP) is 2.95. The van der Waals surface area contributed by atoms with Gasteiger partial charge in [-0.05, 0) is 30.3 Å². The second-order valence-electron chi connectivity index (χ2n) is 4.50. The zero-order valence-corrected chi connectivity index (χ0v) is 11.5. The second kappa shape index (κ2) is 6.69. The van der Waals surface area contributed by atoms with Crippen LogP contribution in [0.4, 0.5) is 15.8 Å². The SMILES string of the molecule is CC(=O)Nc1cc(NC(=O)CCc2ccco2)ccc1F. The summed E-state index contributed by atoms with van der Waals surface area (Å²) in [6, 6.07) is 7.55. The second-order valence-corrected chi connectivity index (χ2v) is 4.50. The fourth-order valence-electron chi connectivity index (χ4n) is 1.80. The van der Waals surface area contributed by atoms with Crippen molar-refractivity contribution in [2.75, 3.05) is 10.6 Å². The highest BCUT2D eigenvalue weighted by Crippen LogP contribution is 2.20. The zero-order valence-electron chi connectivity index (χ0n) is 11.5. The molecular formula is C15H15FN2O3. The first-order valence-electron chi connectivity index (χ1n) is 6.44. The summed E-state index contributed by atoms with van der Waals surface area (Å²) >= 11 is 0. The molecule has 1 aromatic heterocycles. The van der Waals surface area contributed by atoms with Gasteiger partial charge in [0, 0.05) is 25.5 Å². The Morgan fingerprint density at radius 2 is 2.05 bits per heavy atom. The number of hydrogen-bond acceptors (Lipinski definition) is 3. The number of nitrogens with one attached hydrogen (secondary N) is 2. The molecule has 2 rings (SSSR count). The van der Waals surface area contributed by atoms with Crippen LogP contribution in [0.1, 0.15) is 19.1 Å². The van der Waals surface area contributed by atoms with E-state index in [1.165, 1.54) is 25.1 Å². The average Bonchev–Trinajstić information content (AvgIpc) is 2.93. The van der Waals surface area contributed by atoms with Crippen LogP contribution >= 0.6 is 0 Å². The summed E-state index contributed by atoms with van der Waals surface area (Å²) in [6.07, 6.45) is 2.28. The van der Waals surface area contributed by atoms with Gasteiger partial charge in [-0.15, -0.1) is 0 Å². The first kappa shape index (κ1) is 14.8. The van der Waals surface area contributed by atoms with E-state index in [9.17, 15) is 14.0 Å². The molecule has 0 atom stereocenters. The number of rotatable bonds is 5. The highest BCUT2D eigenvalue weighted by Gasteiger charge is 2.08. The molecule has 6 heteroatoms. The van der Waals surface area contributed by atoms with Gasteiger partial charge in [0.15, 0.2) is 0 Å². The predicted molar refractivity (Wildman–Crippen MR) is 76.4 cm³/mol. The fraction of sp³-hybridized carbons (Fsp3) is 0.200. The van der Waals surface area contributed by atoms with E-state index in [2.05, 4.69) is 10.6 Å². The van der Waals surface area contributed by atoms with Crippen LogP contribution in [0.15, 0.2) is 41.0 Å². The van der Waals surface area contributed by atoms with E-state index in [0.717, 1.165) is 5.76 Å². The first-order chi connectivity index (χ1) is 10.0. The third-order valence-electron chi connectivity index (χ3n) is 2.74. The third kappa shape index (κ3) is 4.45. The van der Waals surface area contributed by atoms with Crippen LogP contribution in [0.25, 0.3) is 0 Å². The van der Waals surface area contributed by atoms with Gasteiger partial charge in [-0.1, -0.05) is 0 Å².